The van der Waals surface area contributed by atoms with E-state index in [1.165, 1.54) is 5.56 Å². The zero-order chi connectivity index (χ0) is 18.6. The van der Waals surface area contributed by atoms with Gasteiger partial charge in [-0.05, 0) is 48.5 Å². The van der Waals surface area contributed by atoms with Crippen LogP contribution in [0.2, 0.25) is 5.02 Å². The third-order valence-corrected chi connectivity index (χ3v) is 5.50. The number of hydrogen-bond donors (Lipinski definition) is 1. The number of carbonyl (C=O) groups is 1. The predicted octanol–water partition coefficient (Wildman–Crippen LogP) is 5.34. The molecule has 3 nitrogen and oxygen atoms in total. The molecular formula is C23H23ClN2O. The molecule has 3 aromatic rings. The van der Waals surface area contributed by atoms with Gasteiger partial charge in [-0.25, -0.2) is 0 Å². The van der Waals surface area contributed by atoms with Crippen molar-refractivity contribution in [1.29, 1.82) is 0 Å². The van der Waals surface area contributed by atoms with Crippen LogP contribution in [0, 0.1) is 5.92 Å². The molecule has 0 aromatic heterocycles. The van der Waals surface area contributed by atoms with Gasteiger partial charge in [-0.3, -0.25) is 9.69 Å². The van der Waals surface area contributed by atoms with Crippen LogP contribution in [-0.4, -0.2) is 23.9 Å². The second-order valence-corrected chi connectivity index (χ2v) is 7.65. The van der Waals surface area contributed by atoms with Crippen molar-refractivity contribution >= 4 is 34.0 Å². The highest BCUT2D eigenvalue weighted by Crippen LogP contribution is 2.25. The van der Waals surface area contributed by atoms with E-state index >= 15 is 0 Å². The molecule has 27 heavy (non-hydrogen) atoms. The largest absolute Gasteiger partial charge is 0.325 e. The molecule has 1 aliphatic rings. The molecule has 4 rings (SSSR count). The van der Waals surface area contributed by atoms with Crippen LogP contribution in [0.5, 0.6) is 0 Å². The molecule has 1 N–H and O–H groups in total. The number of nitrogens with one attached hydrogen (secondary N) is 1. The number of carbonyl (C=O) groups excluding carboxylic acids is 1. The lowest BCUT2D eigenvalue weighted by molar-refractivity contribution is -0.121. The molecule has 0 spiro atoms. The van der Waals surface area contributed by atoms with Gasteiger partial charge in [-0.2, -0.15) is 0 Å². The van der Waals surface area contributed by atoms with Crippen LogP contribution < -0.4 is 5.32 Å². The van der Waals surface area contributed by atoms with Crippen molar-refractivity contribution in [3.05, 3.63) is 77.3 Å². The fourth-order valence-electron chi connectivity index (χ4n) is 3.83. The maximum absolute atomic E-state index is 12.9. The first kappa shape index (κ1) is 18.0. The van der Waals surface area contributed by atoms with Crippen molar-refractivity contribution < 1.29 is 4.79 Å². The quantitative estimate of drug-likeness (QED) is 0.664. The van der Waals surface area contributed by atoms with Crippen molar-refractivity contribution in [3.8, 4) is 0 Å². The molecule has 1 atom stereocenters. The fraction of sp³-hybridized carbons (Fsp3) is 0.261. The van der Waals surface area contributed by atoms with E-state index in [1.54, 1.807) is 0 Å². The van der Waals surface area contributed by atoms with E-state index in [9.17, 15) is 4.79 Å². The average Bonchev–Trinajstić information content (AvgIpc) is 2.70. The second-order valence-electron chi connectivity index (χ2n) is 7.22. The standard InChI is InChI=1S/C23H23ClN2O/c24-20-12-10-17(11-13-20)15-26-14-4-7-19(16-26)23(27)25-22-9-3-6-18-5-1-2-8-21(18)22/h1-3,5-6,8-13,19H,4,7,14-16H2,(H,25,27)/t19-/m1/s1. The second kappa shape index (κ2) is 8.12. The SMILES string of the molecule is O=C(Nc1cccc2ccccc12)[C@@H]1CCCN(Cc2ccc(Cl)cc2)C1. The number of rotatable bonds is 4. The van der Waals surface area contributed by atoms with E-state index in [0.29, 0.717) is 0 Å². The summed E-state index contributed by atoms with van der Waals surface area (Å²) in [5.41, 5.74) is 2.13. The lowest BCUT2D eigenvalue weighted by Gasteiger charge is -2.32. The molecule has 1 heterocycles. The maximum atomic E-state index is 12.9. The van der Waals surface area contributed by atoms with Crippen LogP contribution in [0.25, 0.3) is 10.8 Å². The van der Waals surface area contributed by atoms with Crippen molar-refractivity contribution in [3.63, 3.8) is 0 Å². The molecule has 0 unspecified atom stereocenters. The summed E-state index contributed by atoms with van der Waals surface area (Å²) in [7, 11) is 0. The number of fused-ring (bicyclic) bond motifs is 1. The average molecular weight is 379 g/mol. The minimum atomic E-state index is 0.0185. The van der Waals surface area contributed by atoms with Crippen molar-refractivity contribution in [2.75, 3.05) is 18.4 Å². The molecule has 0 saturated carbocycles. The van der Waals surface area contributed by atoms with Gasteiger partial charge in [-0.1, -0.05) is 60.1 Å². The summed E-state index contributed by atoms with van der Waals surface area (Å²) < 4.78 is 0. The Morgan fingerprint density at radius 3 is 2.67 bits per heavy atom. The summed E-state index contributed by atoms with van der Waals surface area (Å²) in [5.74, 6) is 0.136. The summed E-state index contributed by atoms with van der Waals surface area (Å²) >= 11 is 5.97. The number of hydrogen-bond acceptors (Lipinski definition) is 2. The van der Waals surface area contributed by atoms with Gasteiger partial charge in [0.2, 0.25) is 5.91 Å². The first-order valence-corrected chi connectivity index (χ1v) is 9.82. The molecule has 1 aliphatic heterocycles. The number of nitrogens with zero attached hydrogens (tertiary/aromatic N) is 1. The van der Waals surface area contributed by atoms with Crippen molar-refractivity contribution in [2.45, 2.75) is 19.4 Å². The Morgan fingerprint density at radius 2 is 1.81 bits per heavy atom. The molecule has 1 saturated heterocycles. The topological polar surface area (TPSA) is 32.3 Å². The van der Waals surface area contributed by atoms with Gasteiger partial charge in [0, 0.05) is 29.2 Å². The number of piperidine rings is 1. The van der Waals surface area contributed by atoms with Crippen LogP contribution in [0.3, 0.4) is 0 Å². The predicted molar refractivity (Wildman–Crippen MR) is 112 cm³/mol. The highest BCUT2D eigenvalue weighted by molar-refractivity contribution is 6.30. The smallest absolute Gasteiger partial charge is 0.228 e. The first-order chi connectivity index (χ1) is 13.2. The minimum absolute atomic E-state index is 0.0185. The van der Waals surface area contributed by atoms with Gasteiger partial charge in [0.25, 0.3) is 0 Å². The molecule has 0 bridgehead atoms. The van der Waals surface area contributed by atoms with E-state index in [1.807, 2.05) is 36.4 Å². The number of halogens is 1. The van der Waals surface area contributed by atoms with Crippen LogP contribution >= 0.6 is 11.6 Å². The Hall–Kier alpha value is -2.36. The van der Waals surface area contributed by atoms with Gasteiger partial charge in [0.15, 0.2) is 0 Å². The third-order valence-electron chi connectivity index (χ3n) is 5.24. The summed E-state index contributed by atoms with van der Waals surface area (Å²) in [6, 6.07) is 22.1. The van der Waals surface area contributed by atoms with Gasteiger partial charge in [0.05, 0.1) is 5.92 Å². The third kappa shape index (κ3) is 4.32. The highest BCUT2D eigenvalue weighted by Gasteiger charge is 2.26. The number of amides is 1. The monoisotopic (exact) mass is 378 g/mol. The van der Waals surface area contributed by atoms with E-state index in [-0.39, 0.29) is 11.8 Å². The maximum Gasteiger partial charge on any atom is 0.228 e. The van der Waals surface area contributed by atoms with E-state index in [4.69, 9.17) is 11.6 Å². The molecule has 4 heteroatoms. The summed E-state index contributed by atoms with van der Waals surface area (Å²) in [6.07, 6.45) is 1.98. The van der Waals surface area contributed by atoms with Crippen LogP contribution in [0.4, 0.5) is 5.69 Å². The summed E-state index contributed by atoms with van der Waals surface area (Å²) in [5, 5.41) is 6.15. The van der Waals surface area contributed by atoms with E-state index < -0.39 is 0 Å². The molecule has 0 radical (unpaired) electrons. The van der Waals surface area contributed by atoms with Crippen LogP contribution in [0.15, 0.2) is 66.7 Å². The summed E-state index contributed by atoms with van der Waals surface area (Å²) in [6.45, 7) is 2.68. The van der Waals surface area contributed by atoms with Crippen molar-refractivity contribution in [1.82, 2.24) is 4.90 Å². The van der Waals surface area contributed by atoms with Gasteiger partial charge in [-0.15, -0.1) is 0 Å². The minimum Gasteiger partial charge on any atom is -0.325 e. The zero-order valence-electron chi connectivity index (χ0n) is 15.2. The zero-order valence-corrected chi connectivity index (χ0v) is 16.0. The summed E-state index contributed by atoms with van der Waals surface area (Å²) in [4.78, 5) is 15.3. The lowest BCUT2D eigenvalue weighted by atomic mass is 9.96. The fourth-order valence-corrected chi connectivity index (χ4v) is 3.96. The van der Waals surface area contributed by atoms with Gasteiger partial charge in [0.1, 0.15) is 0 Å². The van der Waals surface area contributed by atoms with Gasteiger partial charge >= 0.3 is 0 Å². The normalized spacial score (nSPS) is 17.7. The van der Waals surface area contributed by atoms with E-state index in [2.05, 4.69) is 40.5 Å². The number of likely N-dealkylation sites (tertiary alicyclic amines) is 1. The van der Waals surface area contributed by atoms with Crippen LogP contribution in [-0.2, 0) is 11.3 Å². The Balaban J connectivity index is 1.43. The Labute approximate surface area is 164 Å². The van der Waals surface area contributed by atoms with E-state index in [0.717, 1.165) is 54.0 Å². The molecule has 1 amide bonds. The lowest BCUT2D eigenvalue weighted by Crippen LogP contribution is -2.40. The number of benzene rings is 3. The molecular weight excluding hydrogens is 356 g/mol. The van der Waals surface area contributed by atoms with Crippen molar-refractivity contribution in [2.24, 2.45) is 5.92 Å². The Kier molecular flexibility index (Phi) is 5.42. The first-order valence-electron chi connectivity index (χ1n) is 9.44. The highest BCUT2D eigenvalue weighted by atomic mass is 35.5. The van der Waals surface area contributed by atoms with Crippen LogP contribution in [0.1, 0.15) is 18.4 Å². The molecule has 1 fully saturated rings. The molecule has 138 valence electrons. The Bertz CT molecular complexity index is 933. The Morgan fingerprint density at radius 1 is 1.04 bits per heavy atom. The molecule has 0 aliphatic carbocycles. The number of anilines is 1. The van der Waals surface area contributed by atoms with Gasteiger partial charge < -0.3 is 5.32 Å². The molecule has 3 aromatic carbocycles.